The molecule has 0 bridgehead atoms. The summed E-state index contributed by atoms with van der Waals surface area (Å²) in [7, 11) is 0. The van der Waals surface area contributed by atoms with Crippen LogP contribution in [0.4, 0.5) is 0 Å². The molecule has 0 spiro atoms. The Kier molecular flexibility index (Phi) is 11.9. The molecule has 0 aromatic rings. The average Bonchev–Trinajstić information content (AvgIpc) is 2.62. The number of carboxylic acids is 2. The van der Waals surface area contributed by atoms with Crippen molar-refractivity contribution in [3.63, 3.8) is 0 Å². The fraction of sp³-hybridized carbons (Fsp3) is 0.750. The van der Waals surface area contributed by atoms with Gasteiger partial charge in [-0.2, -0.15) is 0 Å². The van der Waals surface area contributed by atoms with E-state index < -0.39 is 54.8 Å². The zero-order chi connectivity index (χ0) is 20.9. The summed E-state index contributed by atoms with van der Waals surface area (Å²) in [6.07, 6.45) is -2.64. The maximum absolute atomic E-state index is 11.7. The Balaban J connectivity index is 4.59. The molecule has 0 aliphatic rings. The molecule has 1 unspecified atom stereocenters. The first-order chi connectivity index (χ1) is 12.6. The van der Waals surface area contributed by atoms with Crippen LogP contribution in [0, 0.1) is 5.41 Å². The average molecular weight is 394 g/mol. The highest BCUT2D eigenvalue weighted by Gasteiger charge is 2.25. The van der Waals surface area contributed by atoms with Gasteiger partial charge in [-0.3, -0.25) is 19.2 Å². The molecule has 0 radical (unpaired) electrons. The van der Waals surface area contributed by atoms with Gasteiger partial charge in [-0.1, -0.05) is 6.92 Å². The van der Waals surface area contributed by atoms with E-state index in [1.165, 1.54) is 0 Å². The maximum Gasteiger partial charge on any atom is 0.306 e. The van der Waals surface area contributed by atoms with Gasteiger partial charge in [-0.05, 0) is 0 Å². The number of hydrogen-bond acceptors (Lipinski definition) is 9. The van der Waals surface area contributed by atoms with Crippen LogP contribution in [0.25, 0.3) is 0 Å². The summed E-state index contributed by atoms with van der Waals surface area (Å²) in [5, 5.41) is 35.5. The van der Waals surface area contributed by atoms with Crippen molar-refractivity contribution in [2.24, 2.45) is 5.41 Å². The van der Waals surface area contributed by atoms with Crippen molar-refractivity contribution in [2.75, 3.05) is 33.0 Å². The van der Waals surface area contributed by atoms with Crippen molar-refractivity contribution in [1.82, 2.24) is 0 Å². The van der Waals surface area contributed by atoms with Crippen molar-refractivity contribution in [1.29, 1.82) is 0 Å². The molecule has 0 aromatic carbocycles. The fourth-order valence-electron chi connectivity index (χ4n) is 1.62. The van der Waals surface area contributed by atoms with Gasteiger partial charge in [0.1, 0.15) is 6.61 Å². The van der Waals surface area contributed by atoms with Crippen molar-refractivity contribution in [2.45, 2.75) is 38.7 Å². The van der Waals surface area contributed by atoms with Crippen LogP contribution in [0.3, 0.4) is 0 Å². The number of aliphatic hydroxyl groups is 2. The van der Waals surface area contributed by atoms with Gasteiger partial charge >= 0.3 is 23.9 Å². The minimum atomic E-state index is -1.18. The molecule has 156 valence electrons. The van der Waals surface area contributed by atoms with E-state index in [2.05, 4.69) is 0 Å². The lowest BCUT2D eigenvalue weighted by molar-refractivity contribution is -0.165. The zero-order valence-corrected chi connectivity index (χ0v) is 15.1. The van der Waals surface area contributed by atoms with Gasteiger partial charge in [-0.25, -0.2) is 0 Å². The molecule has 27 heavy (non-hydrogen) atoms. The highest BCUT2D eigenvalue weighted by molar-refractivity contribution is 5.77. The van der Waals surface area contributed by atoms with Crippen LogP contribution in [0.2, 0.25) is 0 Å². The quantitative estimate of drug-likeness (QED) is 0.255. The van der Waals surface area contributed by atoms with E-state index in [0.717, 1.165) is 0 Å². The van der Waals surface area contributed by atoms with Gasteiger partial charge in [0.15, 0.2) is 6.10 Å². The molecule has 0 aromatic heterocycles. The summed E-state index contributed by atoms with van der Waals surface area (Å²) < 4.78 is 15.2. The number of rotatable bonds is 15. The van der Waals surface area contributed by atoms with Crippen LogP contribution < -0.4 is 0 Å². The lowest BCUT2D eigenvalue weighted by Crippen LogP contribution is -2.35. The monoisotopic (exact) mass is 394 g/mol. The van der Waals surface area contributed by atoms with Gasteiger partial charge in [0, 0.05) is 5.41 Å². The topological polar surface area (TPSA) is 177 Å². The van der Waals surface area contributed by atoms with Crippen molar-refractivity contribution >= 4 is 23.9 Å². The number of hydrogen-bond donors (Lipinski definition) is 4. The third-order valence-electron chi connectivity index (χ3n) is 3.33. The van der Waals surface area contributed by atoms with Gasteiger partial charge in [0.25, 0.3) is 0 Å². The number of carboxylic acid groups (broad SMARTS) is 2. The van der Waals surface area contributed by atoms with E-state index in [0.29, 0.717) is 0 Å². The summed E-state index contributed by atoms with van der Waals surface area (Å²) in [4.78, 5) is 44.0. The van der Waals surface area contributed by atoms with Crippen LogP contribution in [0.1, 0.15) is 32.6 Å². The lowest BCUT2D eigenvalue weighted by atomic mass is 9.95. The molecular formula is C16H26O11. The van der Waals surface area contributed by atoms with Crippen molar-refractivity contribution < 1.29 is 53.8 Å². The summed E-state index contributed by atoms with van der Waals surface area (Å²) >= 11 is 0. The van der Waals surface area contributed by atoms with E-state index in [4.69, 9.17) is 24.4 Å². The highest BCUT2D eigenvalue weighted by atomic mass is 16.6. The molecule has 11 heteroatoms. The first kappa shape index (κ1) is 24.8. The normalized spacial score (nSPS) is 12.3. The molecule has 0 aliphatic heterocycles. The van der Waals surface area contributed by atoms with E-state index in [9.17, 15) is 29.4 Å². The number of carbonyl (C=O) groups excluding carboxylic acids is 2. The Hall–Kier alpha value is -2.24. The molecule has 11 nitrogen and oxygen atoms in total. The molecule has 0 aliphatic carbocycles. The Morgan fingerprint density at radius 1 is 0.852 bits per heavy atom. The van der Waals surface area contributed by atoms with Crippen molar-refractivity contribution in [3.05, 3.63) is 0 Å². The first-order valence-corrected chi connectivity index (χ1v) is 8.20. The molecule has 4 N–H and O–H groups in total. The minimum Gasteiger partial charge on any atom is -0.481 e. The molecule has 0 rings (SSSR count). The fourth-order valence-corrected chi connectivity index (χ4v) is 1.62. The minimum absolute atomic E-state index is 0.0733. The molecule has 0 amide bonds. The number of aliphatic hydroxyl groups excluding tert-OH is 2. The zero-order valence-electron chi connectivity index (χ0n) is 15.1. The second-order valence-corrected chi connectivity index (χ2v) is 6.22. The number of carbonyl (C=O) groups is 4. The van der Waals surface area contributed by atoms with Crippen LogP contribution in [-0.2, 0) is 33.4 Å². The molecule has 0 saturated heterocycles. The molecule has 0 heterocycles. The largest absolute Gasteiger partial charge is 0.481 e. The van der Waals surface area contributed by atoms with Crippen LogP contribution in [0.5, 0.6) is 0 Å². The van der Waals surface area contributed by atoms with E-state index in [1.54, 1.807) is 6.92 Å². The van der Waals surface area contributed by atoms with Crippen LogP contribution in [-0.4, -0.2) is 83.4 Å². The summed E-state index contributed by atoms with van der Waals surface area (Å²) in [6, 6.07) is 0. The lowest BCUT2D eigenvalue weighted by Gasteiger charge is -2.25. The Morgan fingerprint density at radius 3 is 1.85 bits per heavy atom. The van der Waals surface area contributed by atoms with E-state index in [-0.39, 0.29) is 39.3 Å². The van der Waals surface area contributed by atoms with Gasteiger partial charge in [0.2, 0.25) is 0 Å². The van der Waals surface area contributed by atoms with Gasteiger partial charge in [-0.15, -0.1) is 0 Å². The third-order valence-corrected chi connectivity index (χ3v) is 3.33. The highest BCUT2D eigenvalue weighted by Crippen LogP contribution is 2.15. The summed E-state index contributed by atoms with van der Waals surface area (Å²) in [5.74, 6) is -3.99. The predicted octanol–water partition coefficient (Wildman–Crippen LogP) is -0.821. The second-order valence-electron chi connectivity index (χ2n) is 6.22. The number of aliphatic carboxylic acids is 2. The van der Waals surface area contributed by atoms with Crippen molar-refractivity contribution in [3.8, 4) is 0 Å². The summed E-state index contributed by atoms with van der Waals surface area (Å²) in [5.41, 5.74) is -0.921. The molecule has 0 fully saturated rings. The second kappa shape index (κ2) is 13.0. The van der Waals surface area contributed by atoms with Crippen LogP contribution >= 0.6 is 0 Å². The van der Waals surface area contributed by atoms with Gasteiger partial charge < -0.3 is 34.6 Å². The number of ether oxygens (including phenoxy) is 3. The molecule has 1 atom stereocenters. The third kappa shape index (κ3) is 12.7. The molecule has 0 saturated carbocycles. The van der Waals surface area contributed by atoms with Crippen LogP contribution in [0.15, 0.2) is 0 Å². The summed E-state index contributed by atoms with van der Waals surface area (Å²) in [6.45, 7) is 0.142. The standard InChI is InChI=1S/C16H26O11/c1-16(8-17,9-18)10-25-6-11(27-15(24)5-3-13(21)22)7-26-14(23)4-2-12(19)20/h11,17-18H,2-10H2,1H3,(H,19,20)(H,21,22). The number of esters is 2. The maximum atomic E-state index is 11.7. The Labute approximate surface area is 155 Å². The predicted molar refractivity (Wildman–Crippen MR) is 87.7 cm³/mol. The Morgan fingerprint density at radius 2 is 1.37 bits per heavy atom. The van der Waals surface area contributed by atoms with E-state index in [1.807, 2.05) is 0 Å². The Bertz CT molecular complexity index is 499. The first-order valence-electron chi connectivity index (χ1n) is 8.20. The molecular weight excluding hydrogens is 368 g/mol. The SMILES string of the molecule is CC(CO)(CO)COCC(COC(=O)CCC(=O)O)OC(=O)CCC(=O)O. The van der Waals surface area contributed by atoms with E-state index >= 15 is 0 Å². The van der Waals surface area contributed by atoms with Gasteiger partial charge in [0.05, 0.1) is 52.1 Å². The smallest absolute Gasteiger partial charge is 0.306 e.